The van der Waals surface area contributed by atoms with Crippen molar-refractivity contribution in [2.75, 3.05) is 0 Å². The quantitative estimate of drug-likeness (QED) is 0.375. The summed E-state index contributed by atoms with van der Waals surface area (Å²) in [6, 6.07) is 0. The van der Waals surface area contributed by atoms with Gasteiger partial charge >= 0.3 is 0 Å². The Kier molecular flexibility index (Phi) is 6.36. The smallest absolute Gasteiger partial charge is 0.147 e. The summed E-state index contributed by atoms with van der Waals surface area (Å²) < 4.78 is 0. The molecule has 0 saturated heterocycles. The van der Waals surface area contributed by atoms with Gasteiger partial charge in [0.1, 0.15) is 5.78 Å². The molecule has 0 aliphatic heterocycles. The second-order valence-corrected chi connectivity index (χ2v) is 13.6. The van der Waals surface area contributed by atoms with Gasteiger partial charge in [0.25, 0.3) is 0 Å². The molecule has 0 amide bonds. The Bertz CT molecular complexity index is 614. The average Bonchev–Trinajstić information content (AvgIpc) is 3.00. The highest BCUT2D eigenvalue weighted by atomic mass is 79.9. The molecular weight excluding hydrogens is 420 g/mol. The molecule has 0 aromatic rings. The monoisotopic (exact) mass is 464 g/mol. The fraction of sp³-hybridized carbons (Fsp3) is 0.963. The van der Waals surface area contributed by atoms with E-state index in [0.717, 1.165) is 54.3 Å². The Morgan fingerprint density at radius 3 is 2.41 bits per heavy atom. The molecule has 4 saturated carbocycles. The van der Waals surface area contributed by atoms with Crippen molar-refractivity contribution in [1.82, 2.24) is 0 Å². The molecule has 4 fully saturated rings. The average molecular weight is 466 g/mol. The zero-order valence-electron chi connectivity index (χ0n) is 19.7. The molecular formula is C27H45BrO. The number of halogens is 1. The Labute approximate surface area is 188 Å². The van der Waals surface area contributed by atoms with Crippen molar-refractivity contribution in [3.63, 3.8) is 0 Å². The van der Waals surface area contributed by atoms with Crippen molar-refractivity contribution in [3.05, 3.63) is 0 Å². The molecule has 0 radical (unpaired) electrons. The van der Waals surface area contributed by atoms with Crippen LogP contribution in [0.2, 0.25) is 0 Å². The summed E-state index contributed by atoms with van der Waals surface area (Å²) in [5.74, 6) is 6.54. The van der Waals surface area contributed by atoms with Crippen LogP contribution in [0, 0.1) is 52.3 Å². The molecule has 0 bridgehead atoms. The molecule has 0 aromatic heterocycles. The SMILES string of the molecule is CC(C)CCCC(C)C1CCC2C3CCC4CC(Br)C(=O)CC4(C)C3CCC12C. The van der Waals surface area contributed by atoms with E-state index in [1.807, 2.05) is 0 Å². The van der Waals surface area contributed by atoms with Gasteiger partial charge in [0.05, 0.1) is 4.83 Å². The molecule has 0 spiro atoms. The van der Waals surface area contributed by atoms with Gasteiger partial charge in [-0.25, -0.2) is 0 Å². The van der Waals surface area contributed by atoms with Crippen LogP contribution in [-0.4, -0.2) is 10.6 Å². The molecule has 4 aliphatic carbocycles. The van der Waals surface area contributed by atoms with Crippen molar-refractivity contribution in [3.8, 4) is 0 Å². The van der Waals surface area contributed by atoms with E-state index in [2.05, 4.69) is 50.5 Å². The maximum absolute atomic E-state index is 12.7. The third-order valence-corrected chi connectivity index (χ3v) is 11.5. The van der Waals surface area contributed by atoms with Gasteiger partial charge < -0.3 is 0 Å². The van der Waals surface area contributed by atoms with Gasteiger partial charge in [-0.2, -0.15) is 0 Å². The number of carbonyl (C=O) groups is 1. The molecule has 0 N–H and O–H groups in total. The maximum Gasteiger partial charge on any atom is 0.147 e. The minimum atomic E-state index is 0.133. The lowest BCUT2D eigenvalue weighted by atomic mass is 9.44. The van der Waals surface area contributed by atoms with Crippen molar-refractivity contribution in [1.29, 1.82) is 0 Å². The summed E-state index contributed by atoms with van der Waals surface area (Å²) in [6.07, 6.45) is 14.7. The Balaban J connectivity index is 1.48. The van der Waals surface area contributed by atoms with Gasteiger partial charge in [-0.05, 0) is 97.2 Å². The third-order valence-electron chi connectivity index (χ3n) is 10.7. The lowest BCUT2D eigenvalue weighted by Gasteiger charge is -2.61. The summed E-state index contributed by atoms with van der Waals surface area (Å²) in [6.45, 7) is 12.5. The first-order chi connectivity index (χ1) is 13.7. The van der Waals surface area contributed by atoms with Crippen molar-refractivity contribution < 1.29 is 4.79 Å². The van der Waals surface area contributed by atoms with E-state index < -0.39 is 0 Å². The lowest BCUT2D eigenvalue weighted by Crippen LogP contribution is -2.55. The largest absolute Gasteiger partial charge is 0.298 e. The Morgan fingerprint density at radius 2 is 1.69 bits per heavy atom. The molecule has 2 heteroatoms. The first kappa shape index (κ1) is 22.3. The minimum absolute atomic E-state index is 0.133. The Morgan fingerprint density at radius 1 is 0.966 bits per heavy atom. The van der Waals surface area contributed by atoms with Crippen molar-refractivity contribution in [2.45, 2.75) is 110 Å². The van der Waals surface area contributed by atoms with E-state index in [4.69, 9.17) is 0 Å². The second kappa shape index (κ2) is 8.25. The summed E-state index contributed by atoms with van der Waals surface area (Å²) in [4.78, 5) is 12.8. The van der Waals surface area contributed by atoms with Crippen molar-refractivity contribution in [2.24, 2.45) is 52.3 Å². The number of alkyl halides is 1. The van der Waals surface area contributed by atoms with E-state index in [-0.39, 0.29) is 10.2 Å². The number of rotatable bonds is 5. The molecule has 0 heterocycles. The maximum atomic E-state index is 12.7. The molecule has 9 unspecified atom stereocenters. The molecule has 4 aliphatic rings. The van der Waals surface area contributed by atoms with Gasteiger partial charge in [-0.1, -0.05) is 69.8 Å². The van der Waals surface area contributed by atoms with Crippen LogP contribution in [0.4, 0.5) is 0 Å². The van der Waals surface area contributed by atoms with Crippen LogP contribution in [0.15, 0.2) is 0 Å². The van der Waals surface area contributed by atoms with Gasteiger partial charge in [0.15, 0.2) is 0 Å². The highest BCUT2D eigenvalue weighted by molar-refractivity contribution is 9.10. The van der Waals surface area contributed by atoms with E-state index in [0.29, 0.717) is 11.2 Å². The zero-order chi connectivity index (χ0) is 21.0. The fourth-order valence-corrected chi connectivity index (χ4v) is 9.70. The van der Waals surface area contributed by atoms with Crippen LogP contribution < -0.4 is 0 Å². The van der Waals surface area contributed by atoms with E-state index >= 15 is 0 Å². The first-order valence-electron chi connectivity index (χ1n) is 12.8. The summed E-state index contributed by atoms with van der Waals surface area (Å²) in [5.41, 5.74) is 0.852. The fourth-order valence-electron chi connectivity index (χ4n) is 9.09. The number of hydrogen-bond acceptors (Lipinski definition) is 1. The standard InChI is InChI=1S/C27H45BrO/c1-17(2)7-6-8-18(3)21-11-12-22-20-10-9-19-15-24(28)25(29)16-27(19,5)23(20)13-14-26(21,22)4/h17-24H,6-16H2,1-5H3. The number of carbonyl (C=O) groups excluding carboxylic acids is 1. The second-order valence-electron chi connectivity index (χ2n) is 12.5. The number of fused-ring (bicyclic) bond motifs is 5. The zero-order valence-corrected chi connectivity index (χ0v) is 21.3. The Hall–Kier alpha value is 0.150. The van der Waals surface area contributed by atoms with Crippen molar-refractivity contribution >= 4 is 21.7 Å². The van der Waals surface area contributed by atoms with Crippen LogP contribution in [0.5, 0.6) is 0 Å². The molecule has 0 aromatic carbocycles. The van der Waals surface area contributed by atoms with Gasteiger partial charge in [-0.3, -0.25) is 4.79 Å². The minimum Gasteiger partial charge on any atom is -0.298 e. The van der Waals surface area contributed by atoms with Gasteiger partial charge in [0.2, 0.25) is 0 Å². The molecule has 166 valence electrons. The molecule has 9 atom stereocenters. The van der Waals surface area contributed by atoms with Crippen LogP contribution >= 0.6 is 15.9 Å². The van der Waals surface area contributed by atoms with E-state index in [9.17, 15) is 4.79 Å². The lowest BCUT2D eigenvalue weighted by molar-refractivity contribution is -0.141. The van der Waals surface area contributed by atoms with Crippen LogP contribution in [0.3, 0.4) is 0 Å². The summed E-state index contributed by atoms with van der Waals surface area (Å²) in [7, 11) is 0. The summed E-state index contributed by atoms with van der Waals surface area (Å²) >= 11 is 3.69. The van der Waals surface area contributed by atoms with Gasteiger partial charge in [0, 0.05) is 6.42 Å². The number of hydrogen-bond donors (Lipinski definition) is 0. The predicted molar refractivity (Wildman–Crippen MR) is 126 cm³/mol. The highest BCUT2D eigenvalue weighted by Gasteiger charge is 2.61. The third kappa shape index (κ3) is 3.80. The first-order valence-corrected chi connectivity index (χ1v) is 13.7. The van der Waals surface area contributed by atoms with Crippen LogP contribution in [0.1, 0.15) is 105 Å². The van der Waals surface area contributed by atoms with Gasteiger partial charge in [-0.15, -0.1) is 0 Å². The molecule has 1 nitrogen and oxygen atoms in total. The summed E-state index contributed by atoms with van der Waals surface area (Å²) in [5, 5.41) is 0. The molecule has 29 heavy (non-hydrogen) atoms. The molecule has 4 rings (SSSR count). The number of Topliss-reactive ketones (excluding diaryl/α,β-unsaturated/α-hetero) is 1. The number of ketones is 1. The highest BCUT2D eigenvalue weighted by Crippen LogP contribution is 2.68. The van der Waals surface area contributed by atoms with Crippen LogP contribution in [0.25, 0.3) is 0 Å². The van der Waals surface area contributed by atoms with E-state index in [1.165, 1.54) is 57.8 Å². The topological polar surface area (TPSA) is 17.1 Å². The predicted octanol–water partition coefficient (Wildman–Crippen LogP) is 8.05. The van der Waals surface area contributed by atoms with E-state index in [1.54, 1.807) is 0 Å². The van der Waals surface area contributed by atoms with Crippen LogP contribution in [-0.2, 0) is 4.79 Å². The normalized spacial score (nSPS) is 48.2.